The third-order valence-electron chi connectivity index (χ3n) is 2.11. The number of carbonyl (C=O) groups is 1. The molecule has 0 aliphatic rings. The molecule has 5 heteroatoms. The molecule has 5 nitrogen and oxygen atoms in total. The predicted octanol–water partition coefficient (Wildman–Crippen LogP) is 0.764. The van der Waals surface area contributed by atoms with Crippen molar-refractivity contribution in [1.29, 1.82) is 0 Å². The van der Waals surface area contributed by atoms with Crippen molar-refractivity contribution in [3.8, 4) is 0 Å². The summed E-state index contributed by atoms with van der Waals surface area (Å²) in [6.07, 6.45) is 0. The first-order valence-electron chi connectivity index (χ1n) is 4.38. The molecule has 1 rings (SSSR count). The van der Waals surface area contributed by atoms with E-state index in [-0.39, 0.29) is 11.7 Å². The van der Waals surface area contributed by atoms with Gasteiger partial charge >= 0.3 is 0 Å². The van der Waals surface area contributed by atoms with Crippen LogP contribution in [0.1, 0.15) is 12.5 Å². The number of rotatable bonds is 2. The van der Waals surface area contributed by atoms with E-state index < -0.39 is 0 Å². The van der Waals surface area contributed by atoms with Crippen LogP contribution in [-0.2, 0) is 4.79 Å². The fraction of sp³-hybridized carbons (Fsp3) is 0.200. The number of benzene rings is 1. The summed E-state index contributed by atoms with van der Waals surface area (Å²) in [4.78, 5) is 12.6. The monoisotopic (exact) mass is 207 g/mol. The van der Waals surface area contributed by atoms with Gasteiger partial charge in [-0.15, -0.1) is 0 Å². The van der Waals surface area contributed by atoms with Gasteiger partial charge in [-0.05, 0) is 12.1 Å². The SMILES string of the molecule is CC(=O)N(C)c1cccc(C(N)=NO)c1. The number of carbonyl (C=O) groups excluding carboxylic acids is 1. The van der Waals surface area contributed by atoms with Crippen LogP contribution in [0.4, 0.5) is 5.69 Å². The highest BCUT2D eigenvalue weighted by molar-refractivity contribution is 5.99. The molecule has 80 valence electrons. The summed E-state index contributed by atoms with van der Waals surface area (Å²) in [5, 5.41) is 11.4. The van der Waals surface area contributed by atoms with Crippen LogP contribution in [0.3, 0.4) is 0 Å². The number of oxime groups is 1. The Balaban J connectivity index is 3.08. The Morgan fingerprint density at radius 2 is 2.20 bits per heavy atom. The molecule has 0 saturated heterocycles. The molecule has 0 aliphatic heterocycles. The van der Waals surface area contributed by atoms with Crippen LogP contribution in [0.15, 0.2) is 29.4 Å². The highest BCUT2D eigenvalue weighted by Gasteiger charge is 2.07. The molecule has 0 aliphatic carbocycles. The Morgan fingerprint density at radius 3 is 2.73 bits per heavy atom. The molecule has 0 saturated carbocycles. The topological polar surface area (TPSA) is 78.9 Å². The number of amides is 1. The van der Waals surface area contributed by atoms with E-state index in [2.05, 4.69) is 5.16 Å². The van der Waals surface area contributed by atoms with E-state index in [1.54, 1.807) is 31.3 Å². The smallest absolute Gasteiger partial charge is 0.223 e. The van der Waals surface area contributed by atoms with E-state index in [4.69, 9.17) is 10.9 Å². The van der Waals surface area contributed by atoms with Crippen LogP contribution in [-0.4, -0.2) is 24.0 Å². The molecular formula is C10H13N3O2. The van der Waals surface area contributed by atoms with E-state index in [1.807, 2.05) is 0 Å². The van der Waals surface area contributed by atoms with Gasteiger partial charge in [-0.3, -0.25) is 4.79 Å². The van der Waals surface area contributed by atoms with Crippen LogP contribution in [0.2, 0.25) is 0 Å². The number of nitrogens with zero attached hydrogens (tertiary/aromatic N) is 2. The minimum atomic E-state index is -0.0772. The van der Waals surface area contributed by atoms with E-state index in [9.17, 15) is 4.79 Å². The highest BCUT2D eigenvalue weighted by atomic mass is 16.4. The Kier molecular flexibility index (Phi) is 3.28. The normalized spacial score (nSPS) is 11.2. The van der Waals surface area contributed by atoms with E-state index in [1.165, 1.54) is 11.8 Å². The number of nitrogens with two attached hydrogens (primary N) is 1. The Labute approximate surface area is 87.8 Å². The fourth-order valence-corrected chi connectivity index (χ4v) is 1.11. The number of hydrogen-bond acceptors (Lipinski definition) is 3. The van der Waals surface area contributed by atoms with Crippen molar-refractivity contribution in [2.75, 3.05) is 11.9 Å². The van der Waals surface area contributed by atoms with Crippen molar-refractivity contribution in [1.82, 2.24) is 0 Å². The maximum atomic E-state index is 11.1. The first-order chi connectivity index (χ1) is 7.06. The lowest BCUT2D eigenvalue weighted by molar-refractivity contribution is -0.116. The summed E-state index contributed by atoms with van der Waals surface area (Å²) in [6, 6.07) is 6.89. The van der Waals surface area contributed by atoms with Crippen molar-refractivity contribution in [2.24, 2.45) is 10.9 Å². The molecule has 0 fully saturated rings. The minimum absolute atomic E-state index is 0.0220. The lowest BCUT2D eigenvalue weighted by Crippen LogP contribution is -2.23. The number of anilines is 1. The van der Waals surface area contributed by atoms with Gasteiger partial charge in [-0.2, -0.15) is 0 Å². The third-order valence-corrected chi connectivity index (χ3v) is 2.11. The standard InChI is InChI=1S/C10H13N3O2/c1-7(14)13(2)9-5-3-4-8(6-9)10(11)12-15/h3-6,15H,1-2H3,(H2,11,12). The molecule has 3 N–H and O–H groups in total. The van der Waals surface area contributed by atoms with Gasteiger partial charge in [0.15, 0.2) is 5.84 Å². The lowest BCUT2D eigenvalue weighted by Gasteiger charge is -2.15. The summed E-state index contributed by atoms with van der Waals surface area (Å²) < 4.78 is 0. The predicted molar refractivity (Wildman–Crippen MR) is 58.0 cm³/mol. The molecule has 0 heterocycles. The second-order valence-electron chi connectivity index (χ2n) is 3.11. The van der Waals surface area contributed by atoms with Gasteiger partial charge in [0.1, 0.15) is 0 Å². The molecule has 1 aromatic rings. The average Bonchev–Trinajstić information content (AvgIpc) is 2.27. The lowest BCUT2D eigenvalue weighted by atomic mass is 10.2. The van der Waals surface area contributed by atoms with Gasteiger partial charge in [0, 0.05) is 25.2 Å². The van der Waals surface area contributed by atoms with Crippen molar-refractivity contribution < 1.29 is 10.0 Å². The molecule has 0 unspecified atom stereocenters. The van der Waals surface area contributed by atoms with E-state index in [0.717, 1.165) is 0 Å². The van der Waals surface area contributed by atoms with Crippen molar-refractivity contribution in [3.63, 3.8) is 0 Å². The Hall–Kier alpha value is -2.04. The van der Waals surface area contributed by atoms with Crippen molar-refractivity contribution >= 4 is 17.4 Å². The summed E-state index contributed by atoms with van der Waals surface area (Å²) in [5.74, 6) is -0.0551. The third kappa shape index (κ3) is 2.46. The molecule has 0 atom stereocenters. The van der Waals surface area contributed by atoms with Gasteiger partial charge < -0.3 is 15.8 Å². The fourth-order valence-electron chi connectivity index (χ4n) is 1.11. The molecular weight excluding hydrogens is 194 g/mol. The zero-order valence-corrected chi connectivity index (χ0v) is 8.64. The summed E-state index contributed by atoms with van der Waals surface area (Å²) in [7, 11) is 1.66. The largest absolute Gasteiger partial charge is 0.409 e. The molecule has 1 aromatic carbocycles. The van der Waals surface area contributed by atoms with E-state index in [0.29, 0.717) is 11.3 Å². The van der Waals surface area contributed by atoms with Crippen LogP contribution in [0, 0.1) is 0 Å². The van der Waals surface area contributed by atoms with Crippen LogP contribution >= 0.6 is 0 Å². The first-order valence-corrected chi connectivity index (χ1v) is 4.38. The van der Waals surface area contributed by atoms with Crippen LogP contribution in [0.5, 0.6) is 0 Å². The molecule has 0 bridgehead atoms. The molecule has 0 radical (unpaired) electrons. The van der Waals surface area contributed by atoms with Crippen LogP contribution in [0.25, 0.3) is 0 Å². The summed E-state index contributed by atoms with van der Waals surface area (Å²) in [6.45, 7) is 1.47. The zero-order valence-electron chi connectivity index (χ0n) is 8.64. The van der Waals surface area contributed by atoms with Crippen molar-refractivity contribution in [3.05, 3.63) is 29.8 Å². The summed E-state index contributed by atoms with van der Waals surface area (Å²) in [5.41, 5.74) is 6.71. The summed E-state index contributed by atoms with van der Waals surface area (Å²) >= 11 is 0. The Morgan fingerprint density at radius 1 is 1.53 bits per heavy atom. The molecule has 1 amide bonds. The van der Waals surface area contributed by atoms with Gasteiger partial charge in [-0.25, -0.2) is 0 Å². The number of hydrogen-bond donors (Lipinski definition) is 2. The highest BCUT2D eigenvalue weighted by Crippen LogP contribution is 2.14. The zero-order chi connectivity index (χ0) is 11.4. The average molecular weight is 207 g/mol. The van der Waals surface area contributed by atoms with Gasteiger partial charge in [-0.1, -0.05) is 17.3 Å². The van der Waals surface area contributed by atoms with Gasteiger partial charge in [0.2, 0.25) is 5.91 Å². The molecule has 0 spiro atoms. The Bertz CT molecular complexity index is 401. The van der Waals surface area contributed by atoms with E-state index >= 15 is 0 Å². The minimum Gasteiger partial charge on any atom is -0.409 e. The second-order valence-corrected chi connectivity index (χ2v) is 3.11. The molecule has 0 aromatic heterocycles. The van der Waals surface area contributed by atoms with Crippen molar-refractivity contribution in [2.45, 2.75) is 6.92 Å². The number of amidine groups is 1. The van der Waals surface area contributed by atoms with Gasteiger partial charge in [0.25, 0.3) is 0 Å². The van der Waals surface area contributed by atoms with Crippen LogP contribution < -0.4 is 10.6 Å². The first kappa shape index (κ1) is 11.0. The van der Waals surface area contributed by atoms with Gasteiger partial charge in [0.05, 0.1) is 0 Å². The second kappa shape index (κ2) is 4.45. The maximum Gasteiger partial charge on any atom is 0.223 e. The molecule has 15 heavy (non-hydrogen) atoms. The maximum absolute atomic E-state index is 11.1. The quantitative estimate of drug-likeness (QED) is 0.325.